The van der Waals surface area contributed by atoms with Crippen LogP contribution < -0.4 is 31.6 Å². The number of hydrogen-bond donors (Lipinski definition) is 8. The first-order valence-electron chi connectivity index (χ1n) is 15.4. The fraction of sp³-hybridized carbons (Fsp3) is 0.278. The van der Waals surface area contributed by atoms with E-state index in [4.69, 9.17) is 20.9 Å². The maximum Gasteiger partial charge on any atom is 0.248 e. The zero-order valence-corrected chi connectivity index (χ0v) is 27.5. The van der Waals surface area contributed by atoms with E-state index >= 15 is 0 Å². The highest BCUT2D eigenvalue weighted by Gasteiger charge is 2.12. The SMILES string of the molecule is CC(COc1ccc(C(N)=O)cc1)NCC(O)c1ccc(O)cc1.CC(COc1ccc(C(N)=O)cc1)NCC(O)c1ccc(O)cc1.O. The van der Waals surface area contributed by atoms with Crippen LogP contribution in [0.3, 0.4) is 0 Å². The number of benzene rings is 4. The third-order valence-corrected chi connectivity index (χ3v) is 7.15. The van der Waals surface area contributed by atoms with Crippen LogP contribution in [0.5, 0.6) is 23.0 Å². The van der Waals surface area contributed by atoms with Crippen molar-refractivity contribution in [3.8, 4) is 23.0 Å². The van der Waals surface area contributed by atoms with Crippen LogP contribution in [0, 0.1) is 0 Å². The van der Waals surface area contributed by atoms with E-state index in [1.807, 2.05) is 13.8 Å². The summed E-state index contributed by atoms with van der Waals surface area (Å²) in [6.45, 7) is 5.46. The van der Waals surface area contributed by atoms with E-state index in [2.05, 4.69) is 10.6 Å². The summed E-state index contributed by atoms with van der Waals surface area (Å²) in [6.07, 6.45) is -1.33. The van der Waals surface area contributed by atoms with Crippen LogP contribution in [0.2, 0.25) is 0 Å². The van der Waals surface area contributed by atoms with Gasteiger partial charge in [0.25, 0.3) is 0 Å². The zero-order valence-electron chi connectivity index (χ0n) is 27.5. The van der Waals surface area contributed by atoms with E-state index in [0.717, 1.165) is 11.1 Å². The molecule has 4 aromatic carbocycles. The van der Waals surface area contributed by atoms with Crippen LogP contribution in [0.4, 0.5) is 0 Å². The molecule has 0 aliphatic carbocycles. The molecule has 0 heterocycles. The number of ether oxygens (including phenoxy) is 2. The fourth-order valence-electron chi connectivity index (χ4n) is 4.25. The number of phenolic OH excluding ortho intramolecular Hbond substituents is 2. The maximum atomic E-state index is 11.0. The molecule has 0 spiro atoms. The van der Waals surface area contributed by atoms with Crippen LogP contribution in [0.1, 0.15) is 57.9 Å². The Labute approximate surface area is 285 Å². The summed E-state index contributed by atoms with van der Waals surface area (Å²) in [5.41, 5.74) is 12.7. The largest absolute Gasteiger partial charge is 0.508 e. The third-order valence-electron chi connectivity index (χ3n) is 7.15. The number of nitrogens with two attached hydrogens (primary N) is 2. The number of carbonyl (C=O) groups is 2. The molecule has 0 saturated heterocycles. The summed E-state index contributed by atoms with van der Waals surface area (Å²) in [4.78, 5) is 22.0. The molecular formula is C36H46N4O9. The summed E-state index contributed by atoms with van der Waals surface area (Å²) in [5.74, 6) is 0.686. The molecular weight excluding hydrogens is 632 g/mol. The van der Waals surface area contributed by atoms with Gasteiger partial charge in [0.05, 0.1) is 12.2 Å². The van der Waals surface area contributed by atoms with Gasteiger partial charge < -0.3 is 57.5 Å². The average molecular weight is 679 g/mol. The lowest BCUT2D eigenvalue weighted by molar-refractivity contribution is 0.0991. The van der Waals surface area contributed by atoms with Gasteiger partial charge >= 0.3 is 0 Å². The van der Waals surface area contributed by atoms with Crippen LogP contribution >= 0.6 is 0 Å². The molecule has 4 rings (SSSR count). The Bertz CT molecular complexity index is 1430. The molecule has 4 unspecified atom stereocenters. The maximum absolute atomic E-state index is 11.0. The summed E-state index contributed by atoms with van der Waals surface area (Å²) in [5, 5.41) is 45.1. The van der Waals surface area contributed by atoms with Gasteiger partial charge in [-0.3, -0.25) is 9.59 Å². The quantitative estimate of drug-likeness (QED) is 0.0860. The van der Waals surface area contributed by atoms with Gasteiger partial charge in [0.2, 0.25) is 11.8 Å². The second kappa shape index (κ2) is 20.2. The number of primary amides is 2. The van der Waals surface area contributed by atoms with E-state index in [1.54, 1.807) is 97.1 Å². The summed E-state index contributed by atoms with van der Waals surface area (Å²) >= 11 is 0. The van der Waals surface area contributed by atoms with Crippen molar-refractivity contribution in [1.82, 2.24) is 10.6 Å². The lowest BCUT2D eigenvalue weighted by Crippen LogP contribution is -2.34. The Morgan fingerprint density at radius 2 is 0.898 bits per heavy atom. The van der Waals surface area contributed by atoms with Crippen molar-refractivity contribution in [3.05, 3.63) is 119 Å². The Hall–Kier alpha value is -5.18. The van der Waals surface area contributed by atoms with Gasteiger partial charge in [0.1, 0.15) is 36.2 Å². The lowest BCUT2D eigenvalue weighted by Gasteiger charge is -2.18. The molecule has 0 aliphatic heterocycles. The highest BCUT2D eigenvalue weighted by atomic mass is 16.5. The molecule has 0 saturated carbocycles. The van der Waals surface area contributed by atoms with E-state index < -0.39 is 24.0 Å². The molecule has 0 bridgehead atoms. The van der Waals surface area contributed by atoms with Crippen LogP contribution in [0.15, 0.2) is 97.1 Å². The Kier molecular flexibility index (Phi) is 16.5. The van der Waals surface area contributed by atoms with E-state index in [1.165, 1.54) is 0 Å². The standard InChI is InChI=1S/2C18H22N2O4.H2O/c2*1-12(11-24-16-8-4-14(5-9-16)18(19)23)20-10-17(22)13-2-6-15(21)7-3-13;/h2*2-9,12,17,20-22H,10-11H2,1H3,(H2,19,23);1H2. The molecule has 0 radical (unpaired) electrons. The smallest absolute Gasteiger partial charge is 0.248 e. The predicted molar refractivity (Wildman–Crippen MR) is 186 cm³/mol. The van der Waals surface area contributed by atoms with Gasteiger partial charge in [0, 0.05) is 36.3 Å². The highest BCUT2D eigenvalue weighted by molar-refractivity contribution is 5.93. The highest BCUT2D eigenvalue weighted by Crippen LogP contribution is 2.18. The van der Waals surface area contributed by atoms with Gasteiger partial charge in [-0.15, -0.1) is 0 Å². The molecule has 264 valence electrons. The molecule has 0 fully saturated rings. The number of carbonyl (C=O) groups excluding carboxylic acids is 2. The first-order valence-corrected chi connectivity index (χ1v) is 15.4. The second-order valence-corrected chi connectivity index (χ2v) is 11.2. The van der Waals surface area contributed by atoms with Crippen molar-refractivity contribution in [2.24, 2.45) is 11.5 Å². The molecule has 0 aromatic heterocycles. The minimum Gasteiger partial charge on any atom is -0.508 e. The van der Waals surface area contributed by atoms with Crippen LogP contribution in [-0.2, 0) is 0 Å². The normalized spacial score (nSPS) is 13.0. The van der Waals surface area contributed by atoms with Crippen molar-refractivity contribution in [3.63, 3.8) is 0 Å². The van der Waals surface area contributed by atoms with Gasteiger partial charge in [0.15, 0.2) is 0 Å². The summed E-state index contributed by atoms with van der Waals surface area (Å²) in [7, 11) is 0. The van der Waals surface area contributed by atoms with Crippen LogP contribution in [0.25, 0.3) is 0 Å². The number of hydrogen-bond acceptors (Lipinski definition) is 10. The van der Waals surface area contributed by atoms with Crippen LogP contribution in [-0.4, -0.2) is 76.1 Å². The Balaban J connectivity index is 0.000000333. The summed E-state index contributed by atoms with van der Waals surface area (Å²) in [6, 6.07) is 26.2. The van der Waals surface area contributed by atoms with Crippen molar-refractivity contribution >= 4 is 11.8 Å². The average Bonchev–Trinajstić information content (AvgIpc) is 3.09. The third kappa shape index (κ3) is 14.2. The van der Waals surface area contributed by atoms with Gasteiger partial charge in [-0.05, 0) is 97.8 Å². The second-order valence-electron chi connectivity index (χ2n) is 11.2. The Morgan fingerprint density at radius 3 is 1.18 bits per heavy atom. The molecule has 49 heavy (non-hydrogen) atoms. The lowest BCUT2D eigenvalue weighted by atomic mass is 10.1. The van der Waals surface area contributed by atoms with Gasteiger partial charge in [-0.2, -0.15) is 0 Å². The number of aliphatic hydroxyl groups excluding tert-OH is 2. The number of aliphatic hydroxyl groups is 2. The van der Waals surface area contributed by atoms with E-state index in [-0.39, 0.29) is 29.1 Å². The van der Waals surface area contributed by atoms with Crippen molar-refractivity contribution in [2.45, 2.75) is 38.1 Å². The first-order chi connectivity index (χ1) is 22.9. The van der Waals surface area contributed by atoms with Crippen molar-refractivity contribution in [2.75, 3.05) is 26.3 Å². The first kappa shape index (κ1) is 40.0. The molecule has 2 amide bonds. The molecule has 4 atom stereocenters. The fourth-order valence-corrected chi connectivity index (χ4v) is 4.25. The number of nitrogens with one attached hydrogen (secondary N) is 2. The molecule has 12 N–H and O–H groups in total. The van der Waals surface area contributed by atoms with Crippen molar-refractivity contribution < 1.29 is 45.0 Å². The number of aromatic hydroxyl groups is 2. The number of phenols is 2. The Morgan fingerprint density at radius 1 is 0.592 bits per heavy atom. The zero-order chi connectivity index (χ0) is 35.1. The monoisotopic (exact) mass is 678 g/mol. The summed E-state index contributed by atoms with van der Waals surface area (Å²) < 4.78 is 11.3. The minimum absolute atomic E-state index is 0. The van der Waals surface area contributed by atoms with Gasteiger partial charge in [-0.25, -0.2) is 0 Å². The molecule has 0 aliphatic rings. The van der Waals surface area contributed by atoms with Gasteiger partial charge in [-0.1, -0.05) is 24.3 Å². The molecule has 4 aromatic rings. The number of rotatable bonds is 16. The topological polar surface area (TPSA) is 241 Å². The number of amides is 2. The predicted octanol–water partition coefficient (Wildman–Crippen LogP) is 2.34. The van der Waals surface area contributed by atoms with Crippen molar-refractivity contribution in [1.29, 1.82) is 0 Å². The minimum atomic E-state index is -0.664. The molecule has 13 nitrogen and oxygen atoms in total. The van der Waals surface area contributed by atoms with E-state index in [0.29, 0.717) is 48.9 Å². The molecule has 13 heteroatoms. The van der Waals surface area contributed by atoms with E-state index in [9.17, 15) is 30.0 Å².